The molecule has 0 aliphatic rings. The van der Waals surface area contributed by atoms with Gasteiger partial charge in [0.2, 0.25) is 0 Å². The number of hydrogen-bond acceptors (Lipinski definition) is 3. The maximum Gasteiger partial charge on any atom is 0.261 e. The summed E-state index contributed by atoms with van der Waals surface area (Å²) >= 11 is 1.48. The van der Waals surface area contributed by atoms with Crippen molar-refractivity contribution in [1.29, 1.82) is 0 Å². The molecule has 1 N–H and O–H groups in total. The molecule has 3 aromatic rings. The minimum absolute atomic E-state index is 0.0214. The van der Waals surface area contributed by atoms with Gasteiger partial charge in [-0.1, -0.05) is 44.4 Å². The van der Waals surface area contributed by atoms with Gasteiger partial charge in [-0.05, 0) is 36.4 Å². The van der Waals surface area contributed by atoms with Crippen LogP contribution in [0.2, 0.25) is 0 Å². The fraction of sp³-hybridized carbons (Fsp3) is 0.429. The average Bonchev–Trinajstić information content (AvgIpc) is 3.30. The number of amides is 1. The van der Waals surface area contributed by atoms with Gasteiger partial charge in [0.1, 0.15) is 5.82 Å². The van der Waals surface area contributed by atoms with Crippen molar-refractivity contribution in [3.63, 3.8) is 0 Å². The first kappa shape index (κ1) is 18.6. The fourth-order valence-electron chi connectivity index (χ4n) is 3.21. The number of rotatable bonds is 10. The Labute approximate surface area is 159 Å². The smallest absolute Gasteiger partial charge is 0.261 e. The third-order valence-electron chi connectivity index (χ3n) is 4.58. The van der Waals surface area contributed by atoms with E-state index in [1.807, 2.05) is 23.6 Å². The molecule has 0 radical (unpaired) electrons. The highest BCUT2D eigenvalue weighted by Crippen LogP contribution is 2.18. The largest absolute Gasteiger partial charge is 0.351 e. The van der Waals surface area contributed by atoms with Gasteiger partial charge in [-0.2, -0.15) is 0 Å². The quantitative estimate of drug-likeness (QED) is 0.509. The van der Waals surface area contributed by atoms with Gasteiger partial charge in [-0.3, -0.25) is 4.79 Å². The summed E-state index contributed by atoms with van der Waals surface area (Å²) in [6.45, 7) is 3.94. The Morgan fingerprint density at radius 2 is 2.00 bits per heavy atom. The highest BCUT2D eigenvalue weighted by atomic mass is 32.1. The molecule has 4 nitrogen and oxygen atoms in total. The maximum absolute atomic E-state index is 12.0. The van der Waals surface area contributed by atoms with E-state index in [0.29, 0.717) is 6.54 Å². The number of unbranched alkanes of at least 4 members (excludes halogenated alkanes) is 3. The van der Waals surface area contributed by atoms with E-state index in [1.165, 1.54) is 42.5 Å². The van der Waals surface area contributed by atoms with Crippen LogP contribution in [-0.2, 0) is 13.0 Å². The van der Waals surface area contributed by atoms with Gasteiger partial charge in [-0.15, -0.1) is 11.3 Å². The molecular weight excluding hydrogens is 342 g/mol. The molecule has 1 amide bonds. The number of fused-ring (bicyclic) bond motifs is 1. The van der Waals surface area contributed by atoms with E-state index in [1.54, 1.807) is 0 Å². The summed E-state index contributed by atoms with van der Waals surface area (Å²) in [6, 6.07) is 12.1. The summed E-state index contributed by atoms with van der Waals surface area (Å²) in [6.07, 6.45) is 6.77. The zero-order chi connectivity index (χ0) is 18.2. The topological polar surface area (TPSA) is 46.9 Å². The molecule has 0 spiro atoms. The number of hydrogen-bond donors (Lipinski definition) is 1. The molecular formula is C21H27N3OS. The van der Waals surface area contributed by atoms with Crippen LogP contribution >= 0.6 is 11.3 Å². The molecule has 0 saturated heterocycles. The van der Waals surface area contributed by atoms with E-state index in [0.717, 1.165) is 35.6 Å². The fourth-order valence-corrected chi connectivity index (χ4v) is 3.85. The second-order valence-electron chi connectivity index (χ2n) is 6.57. The number of nitrogens with one attached hydrogen (secondary N) is 1. The number of aryl methyl sites for hydroxylation is 2. The van der Waals surface area contributed by atoms with Crippen molar-refractivity contribution >= 4 is 28.3 Å². The molecule has 0 atom stereocenters. The lowest BCUT2D eigenvalue weighted by Gasteiger charge is -2.09. The molecule has 2 heterocycles. The van der Waals surface area contributed by atoms with E-state index in [9.17, 15) is 4.79 Å². The van der Waals surface area contributed by atoms with Gasteiger partial charge < -0.3 is 9.88 Å². The van der Waals surface area contributed by atoms with E-state index in [-0.39, 0.29) is 5.91 Å². The molecule has 0 fully saturated rings. The van der Waals surface area contributed by atoms with Gasteiger partial charge >= 0.3 is 0 Å². The Hall–Kier alpha value is -2.14. The molecule has 0 aliphatic carbocycles. The summed E-state index contributed by atoms with van der Waals surface area (Å²) in [5.41, 5.74) is 2.29. The van der Waals surface area contributed by atoms with Gasteiger partial charge in [0.25, 0.3) is 5.91 Å². The van der Waals surface area contributed by atoms with E-state index >= 15 is 0 Å². The van der Waals surface area contributed by atoms with Crippen molar-refractivity contribution in [1.82, 2.24) is 14.9 Å². The van der Waals surface area contributed by atoms with Crippen LogP contribution in [0.15, 0.2) is 41.8 Å². The van der Waals surface area contributed by atoms with Crippen molar-refractivity contribution in [2.24, 2.45) is 0 Å². The third kappa shape index (κ3) is 4.73. The van der Waals surface area contributed by atoms with Gasteiger partial charge in [0, 0.05) is 19.5 Å². The van der Waals surface area contributed by atoms with Crippen LogP contribution in [0.5, 0.6) is 0 Å². The molecule has 26 heavy (non-hydrogen) atoms. The lowest BCUT2D eigenvalue weighted by atomic mass is 10.2. The standard InChI is InChI=1S/C21H27N3OS/c1-2-3-4-7-15-24-18-11-6-5-10-17(18)23-20(24)13-8-14-22-21(25)19-12-9-16-26-19/h5-6,9-12,16H,2-4,7-8,13-15H2,1H3,(H,22,25). The van der Waals surface area contributed by atoms with Gasteiger partial charge in [-0.25, -0.2) is 4.98 Å². The number of carbonyl (C=O) groups excluding carboxylic acids is 1. The number of carbonyl (C=O) groups is 1. The molecule has 0 unspecified atom stereocenters. The molecule has 1 aromatic carbocycles. The normalized spacial score (nSPS) is 11.1. The van der Waals surface area contributed by atoms with E-state index < -0.39 is 0 Å². The number of imidazole rings is 1. The van der Waals surface area contributed by atoms with Crippen LogP contribution in [0.3, 0.4) is 0 Å². The predicted octanol–water partition coefficient (Wildman–Crippen LogP) is 5.04. The summed E-state index contributed by atoms with van der Waals surface area (Å²) in [4.78, 5) is 17.6. The van der Waals surface area contributed by atoms with Crippen LogP contribution in [0.1, 0.15) is 54.5 Å². The SMILES string of the molecule is CCCCCCn1c(CCCNC(=O)c2cccs2)nc2ccccc21. The predicted molar refractivity (Wildman–Crippen MR) is 109 cm³/mol. The molecule has 0 bridgehead atoms. The molecule has 138 valence electrons. The van der Waals surface area contributed by atoms with Crippen LogP contribution in [0.25, 0.3) is 11.0 Å². The summed E-state index contributed by atoms with van der Waals surface area (Å²) in [7, 11) is 0. The Balaban J connectivity index is 1.58. The Kier molecular flexibility index (Phi) is 6.83. The monoisotopic (exact) mass is 369 g/mol. The Morgan fingerprint density at radius 1 is 1.12 bits per heavy atom. The zero-order valence-corrected chi connectivity index (χ0v) is 16.2. The van der Waals surface area contributed by atoms with Crippen LogP contribution < -0.4 is 5.32 Å². The minimum atomic E-state index is 0.0214. The summed E-state index contributed by atoms with van der Waals surface area (Å²) in [5, 5.41) is 4.93. The molecule has 0 saturated carbocycles. The van der Waals surface area contributed by atoms with Crippen LogP contribution in [-0.4, -0.2) is 22.0 Å². The average molecular weight is 370 g/mol. The first-order chi connectivity index (χ1) is 12.8. The summed E-state index contributed by atoms with van der Waals surface area (Å²) in [5.74, 6) is 1.15. The second-order valence-corrected chi connectivity index (χ2v) is 7.51. The van der Waals surface area contributed by atoms with Crippen molar-refractivity contribution in [2.75, 3.05) is 6.54 Å². The molecule has 2 aromatic heterocycles. The number of benzene rings is 1. The lowest BCUT2D eigenvalue weighted by molar-refractivity contribution is 0.0957. The molecule has 0 aliphatic heterocycles. The molecule has 5 heteroatoms. The van der Waals surface area contributed by atoms with Crippen LogP contribution in [0.4, 0.5) is 0 Å². The maximum atomic E-state index is 12.0. The number of thiophene rings is 1. The van der Waals surface area contributed by atoms with E-state index in [4.69, 9.17) is 4.98 Å². The number of para-hydroxylation sites is 2. The number of aromatic nitrogens is 2. The Morgan fingerprint density at radius 3 is 2.81 bits per heavy atom. The highest BCUT2D eigenvalue weighted by molar-refractivity contribution is 7.12. The highest BCUT2D eigenvalue weighted by Gasteiger charge is 2.10. The van der Waals surface area contributed by atoms with E-state index in [2.05, 4.69) is 35.0 Å². The third-order valence-corrected chi connectivity index (χ3v) is 5.45. The second kappa shape index (κ2) is 9.53. The first-order valence-electron chi connectivity index (χ1n) is 9.55. The summed E-state index contributed by atoms with van der Waals surface area (Å²) < 4.78 is 2.37. The zero-order valence-electron chi connectivity index (χ0n) is 15.4. The van der Waals surface area contributed by atoms with Crippen molar-refractivity contribution in [3.8, 4) is 0 Å². The van der Waals surface area contributed by atoms with Gasteiger partial charge in [0.15, 0.2) is 0 Å². The van der Waals surface area contributed by atoms with Crippen molar-refractivity contribution in [2.45, 2.75) is 52.0 Å². The minimum Gasteiger partial charge on any atom is -0.351 e. The van der Waals surface area contributed by atoms with Crippen LogP contribution in [0, 0.1) is 0 Å². The Bertz CT molecular complexity index is 823. The molecule has 3 rings (SSSR count). The van der Waals surface area contributed by atoms with Gasteiger partial charge in [0.05, 0.1) is 15.9 Å². The van der Waals surface area contributed by atoms with Crippen molar-refractivity contribution < 1.29 is 4.79 Å². The number of nitrogens with zero attached hydrogens (tertiary/aromatic N) is 2. The first-order valence-corrected chi connectivity index (χ1v) is 10.4. The van der Waals surface area contributed by atoms with Crippen molar-refractivity contribution in [3.05, 3.63) is 52.5 Å². The lowest BCUT2D eigenvalue weighted by Crippen LogP contribution is -2.24.